The van der Waals surface area contributed by atoms with Gasteiger partial charge in [0, 0.05) is 19.1 Å². The fraction of sp³-hybridized carbons (Fsp3) is 0.810. The van der Waals surface area contributed by atoms with Crippen LogP contribution in [0.5, 0.6) is 0 Å². The van der Waals surface area contributed by atoms with E-state index < -0.39 is 59.5 Å². The number of rotatable bonds is 10. The molecule has 0 aromatic rings. The molecule has 0 saturated carbocycles. The number of nitrogens with one attached hydrogen (secondary N) is 2. The highest BCUT2D eigenvalue weighted by Gasteiger charge is 2.52. The van der Waals surface area contributed by atoms with Gasteiger partial charge in [-0.1, -0.05) is 20.8 Å². The van der Waals surface area contributed by atoms with Gasteiger partial charge in [0.15, 0.2) is 11.4 Å². The summed E-state index contributed by atoms with van der Waals surface area (Å²) in [5.74, 6) is -4.67. The number of Topliss-reactive ketones (excluding diaryl/α,β-unsaturated/α-hetero) is 1. The first-order valence-electron chi connectivity index (χ1n) is 10.9. The Kier molecular flexibility index (Phi) is 8.50. The smallest absolute Gasteiger partial charge is 0.367 e. The fourth-order valence-corrected chi connectivity index (χ4v) is 4.33. The Bertz CT molecular complexity index is 759. The zero-order valence-electron chi connectivity index (χ0n) is 19.0. The van der Waals surface area contributed by atoms with Crippen molar-refractivity contribution in [2.75, 3.05) is 19.8 Å². The van der Waals surface area contributed by atoms with Crippen LogP contribution in [-0.2, 0) is 28.7 Å². The van der Waals surface area contributed by atoms with E-state index in [4.69, 9.17) is 10.5 Å². The predicted octanol–water partition coefficient (Wildman–Crippen LogP) is 1.19. The number of nitrogens with two attached hydrogens (primary N) is 1. The second-order valence-electron chi connectivity index (χ2n) is 9.80. The molecular formula is C21H32F3N3O6. The molecule has 0 spiro atoms. The first-order valence-corrected chi connectivity index (χ1v) is 10.9. The van der Waals surface area contributed by atoms with Crippen LogP contribution in [0.15, 0.2) is 0 Å². The second-order valence-corrected chi connectivity index (χ2v) is 9.80. The van der Waals surface area contributed by atoms with Crippen molar-refractivity contribution < 1.29 is 41.8 Å². The number of ether oxygens (including phenoxy) is 2. The summed E-state index contributed by atoms with van der Waals surface area (Å²) in [6.45, 7) is 4.81. The van der Waals surface area contributed by atoms with Crippen LogP contribution in [-0.4, -0.2) is 61.3 Å². The minimum atomic E-state index is -5.03. The monoisotopic (exact) mass is 479 g/mol. The molecule has 2 rings (SSSR count). The molecule has 0 bridgehead atoms. The van der Waals surface area contributed by atoms with E-state index in [1.807, 2.05) is 20.8 Å². The largest absolute Gasteiger partial charge is 0.522 e. The van der Waals surface area contributed by atoms with Gasteiger partial charge in [0.25, 0.3) is 5.91 Å². The third kappa shape index (κ3) is 7.39. The third-order valence-electron chi connectivity index (χ3n) is 5.93. The first kappa shape index (κ1) is 27.0. The van der Waals surface area contributed by atoms with Gasteiger partial charge in [-0.05, 0) is 37.5 Å². The molecule has 33 heavy (non-hydrogen) atoms. The molecule has 0 aromatic carbocycles. The Morgan fingerprint density at radius 2 is 1.97 bits per heavy atom. The maximum atomic E-state index is 13.4. The van der Waals surface area contributed by atoms with Crippen molar-refractivity contribution >= 4 is 23.5 Å². The van der Waals surface area contributed by atoms with E-state index in [0.29, 0.717) is 19.4 Å². The molecule has 2 fully saturated rings. The van der Waals surface area contributed by atoms with Crippen molar-refractivity contribution in [3.8, 4) is 0 Å². The summed E-state index contributed by atoms with van der Waals surface area (Å²) < 4.78 is 46.7. The lowest BCUT2D eigenvalue weighted by molar-refractivity contribution is -0.321. The van der Waals surface area contributed by atoms with Gasteiger partial charge in [-0.3, -0.25) is 23.9 Å². The maximum absolute atomic E-state index is 13.4. The average Bonchev–Trinajstić information content (AvgIpc) is 3.32. The molecule has 0 aromatic heterocycles. The maximum Gasteiger partial charge on any atom is 0.522 e. The average molecular weight is 479 g/mol. The number of carbonyl (C=O) groups is 4. The number of carbonyl (C=O) groups excluding carboxylic acids is 4. The molecule has 0 radical (unpaired) electrons. The molecule has 2 aliphatic rings. The minimum Gasteiger partial charge on any atom is -0.367 e. The molecule has 4 atom stereocenters. The van der Waals surface area contributed by atoms with Gasteiger partial charge in [0.2, 0.25) is 11.8 Å². The van der Waals surface area contributed by atoms with Crippen molar-refractivity contribution in [2.45, 2.75) is 70.9 Å². The Morgan fingerprint density at radius 3 is 2.42 bits per heavy atom. The van der Waals surface area contributed by atoms with Gasteiger partial charge < -0.3 is 21.1 Å². The number of hydrogen-bond acceptors (Lipinski definition) is 6. The number of amides is 3. The van der Waals surface area contributed by atoms with E-state index in [1.54, 1.807) is 0 Å². The molecule has 2 saturated heterocycles. The standard InChI is InChI=1S/C21H32F3N3O6/c1-19(2,3)10-13(20(18(25)31)6-4-8-32-20)17(30)27-14(9-12-5-7-26-16(12)29)15(28)11-33-21(22,23)24/h12-14H,4-11H2,1-3H3,(H2,25,31)(H,26,29)(H,27,30)/t12-,13+,14-,20?/m0/s1. The van der Waals surface area contributed by atoms with Crippen LogP contribution in [0.4, 0.5) is 13.2 Å². The van der Waals surface area contributed by atoms with Gasteiger partial charge in [0.05, 0.1) is 12.0 Å². The predicted molar refractivity (Wildman–Crippen MR) is 109 cm³/mol. The molecule has 0 aliphatic carbocycles. The number of halogens is 3. The lowest BCUT2D eigenvalue weighted by atomic mass is 9.73. The first-order chi connectivity index (χ1) is 15.1. The van der Waals surface area contributed by atoms with Crippen LogP contribution in [0.3, 0.4) is 0 Å². The van der Waals surface area contributed by atoms with E-state index in [0.717, 1.165) is 0 Å². The molecule has 12 heteroatoms. The van der Waals surface area contributed by atoms with E-state index in [1.165, 1.54) is 0 Å². The van der Waals surface area contributed by atoms with E-state index >= 15 is 0 Å². The van der Waals surface area contributed by atoms with Gasteiger partial charge in [-0.2, -0.15) is 0 Å². The van der Waals surface area contributed by atoms with Crippen molar-refractivity contribution in [2.24, 2.45) is 23.0 Å². The highest BCUT2D eigenvalue weighted by atomic mass is 19.4. The second kappa shape index (κ2) is 10.4. The summed E-state index contributed by atoms with van der Waals surface area (Å²) in [6, 6.07) is -1.41. The zero-order chi connectivity index (χ0) is 25.0. The van der Waals surface area contributed by atoms with E-state index in [-0.39, 0.29) is 31.8 Å². The van der Waals surface area contributed by atoms with Gasteiger partial charge in [-0.25, -0.2) is 0 Å². The Labute approximate surface area is 190 Å². The third-order valence-corrected chi connectivity index (χ3v) is 5.93. The number of primary amides is 1. The van der Waals surface area contributed by atoms with Crippen molar-refractivity contribution in [3.63, 3.8) is 0 Å². The topological polar surface area (TPSA) is 137 Å². The van der Waals surface area contributed by atoms with Gasteiger partial charge in [0.1, 0.15) is 6.61 Å². The van der Waals surface area contributed by atoms with E-state index in [2.05, 4.69) is 15.4 Å². The van der Waals surface area contributed by atoms with Gasteiger partial charge in [-0.15, -0.1) is 13.2 Å². The van der Waals surface area contributed by atoms with Crippen LogP contribution in [0.2, 0.25) is 0 Å². The Morgan fingerprint density at radius 1 is 1.30 bits per heavy atom. The highest BCUT2D eigenvalue weighted by Crippen LogP contribution is 2.40. The summed E-state index contributed by atoms with van der Waals surface area (Å²) in [7, 11) is 0. The van der Waals surface area contributed by atoms with Gasteiger partial charge >= 0.3 is 6.36 Å². The quantitative estimate of drug-likeness (QED) is 0.431. The summed E-state index contributed by atoms with van der Waals surface area (Å²) in [6.07, 6.45) is -3.97. The SMILES string of the molecule is CC(C)(C)C[C@H](C(=O)N[C@@H](C[C@@H]1CCNC1=O)C(=O)COC(F)(F)F)C1(C(N)=O)CCCO1. The summed E-state index contributed by atoms with van der Waals surface area (Å²) >= 11 is 0. The molecule has 4 N–H and O–H groups in total. The molecular weight excluding hydrogens is 447 g/mol. The lowest BCUT2D eigenvalue weighted by Gasteiger charge is -2.37. The molecule has 2 heterocycles. The highest BCUT2D eigenvalue weighted by molar-refractivity contribution is 5.95. The molecule has 188 valence electrons. The van der Waals surface area contributed by atoms with Crippen LogP contribution in [0, 0.1) is 17.3 Å². The Hall–Kier alpha value is -2.21. The van der Waals surface area contributed by atoms with Crippen molar-refractivity contribution in [1.82, 2.24) is 10.6 Å². The van der Waals surface area contributed by atoms with Crippen molar-refractivity contribution in [1.29, 1.82) is 0 Å². The summed E-state index contributed by atoms with van der Waals surface area (Å²) in [5.41, 5.74) is 3.59. The lowest BCUT2D eigenvalue weighted by Crippen LogP contribution is -2.58. The molecule has 2 aliphatic heterocycles. The van der Waals surface area contributed by atoms with Crippen LogP contribution in [0.1, 0.15) is 52.9 Å². The molecule has 1 unspecified atom stereocenters. The normalized spacial score (nSPS) is 25.4. The number of alkyl halides is 3. The van der Waals surface area contributed by atoms with E-state index in [9.17, 15) is 32.3 Å². The summed E-state index contributed by atoms with van der Waals surface area (Å²) in [4.78, 5) is 50.3. The molecule has 9 nitrogen and oxygen atoms in total. The van der Waals surface area contributed by atoms with Crippen molar-refractivity contribution in [3.05, 3.63) is 0 Å². The molecule has 3 amide bonds. The zero-order valence-corrected chi connectivity index (χ0v) is 19.0. The summed E-state index contributed by atoms with van der Waals surface area (Å²) in [5, 5.41) is 5.06. The minimum absolute atomic E-state index is 0.172. The number of ketones is 1. The van der Waals surface area contributed by atoms with Crippen LogP contribution < -0.4 is 16.4 Å². The number of hydrogen-bond donors (Lipinski definition) is 3. The van der Waals surface area contributed by atoms with Crippen LogP contribution in [0.25, 0.3) is 0 Å². The Balaban J connectivity index is 2.29. The fourth-order valence-electron chi connectivity index (χ4n) is 4.33. The van der Waals surface area contributed by atoms with Crippen LogP contribution >= 0.6 is 0 Å².